The number of hydrogen-bond donors (Lipinski definition) is 2. The molecule has 2 rings (SSSR count). The lowest BCUT2D eigenvalue weighted by atomic mass is 10.1. The van der Waals surface area contributed by atoms with Crippen LogP contribution in [-0.2, 0) is 25.7 Å². The van der Waals surface area contributed by atoms with Gasteiger partial charge < -0.3 is 10.1 Å². The van der Waals surface area contributed by atoms with Gasteiger partial charge in [0.05, 0.1) is 5.69 Å². The van der Waals surface area contributed by atoms with E-state index in [1.807, 2.05) is 6.92 Å². The molecule has 4 amide bonds. The number of aromatic nitrogens is 1. The molecule has 0 radical (unpaired) electrons. The van der Waals surface area contributed by atoms with E-state index in [-0.39, 0.29) is 25.4 Å². The molecule has 1 aromatic rings. The second-order valence-electron chi connectivity index (χ2n) is 5.10. The number of ether oxygens (including phenoxy) is 1. The third-order valence-electron chi connectivity index (χ3n) is 3.34. The fraction of sp³-hybridized carbons (Fsp3) is 0.500. The van der Waals surface area contributed by atoms with E-state index >= 15 is 0 Å². The molecule has 0 bridgehead atoms. The first-order valence-electron chi connectivity index (χ1n) is 7.40. The Balaban J connectivity index is 1.78. The molecule has 1 aliphatic heterocycles. The van der Waals surface area contributed by atoms with Crippen LogP contribution in [0.15, 0.2) is 5.38 Å². The van der Waals surface area contributed by atoms with Crippen LogP contribution in [0, 0.1) is 0 Å². The average Bonchev–Trinajstić information content (AvgIpc) is 3.10. The lowest BCUT2D eigenvalue weighted by Crippen LogP contribution is -2.29. The van der Waals surface area contributed by atoms with Gasteiger partial charge in [-0.15, -0.1) is 11.3 Å². The van der Waals surface area contributed by atoms with Crippen molar-refractivity contribution < 1.29 is 23.9 Å². The van der Waals surface area contributed by atoms with Crippen molar-refractivity contribution in [1.82, 2.24) is 15.6 Å². The largest absolute Gasteiger partial charge is 0.459 e. The van der Waals surface area contributed by atoms with Gasteiger partial charge >= 0.3 is 12.0 Å². The van der Waals surface area contributed by atoms with Crippen molar-refractivity contribution >= 4 is 40.3 Å². The summed E-state index contributed by atoms with van der Waals surface area (Å²) >= 11 is 1.30. The van der Waals surface area contributed by atoms with E-state index in [9.17, 15) is 19.2 Å². The first-order valence-corrected chi connectivity index (χ1v) is 8.28. The number of nitrogens with one attached hydrogen (secondary N) is 2. The van der Waals surface area contributed by atoms with Crippen LogP contribution in [0.1, 0.15) is 32.4 Å². The summed E-state index contributed by atoms with van der Waals surface area (Å²) in [6.07, 6.45) is 0.177. The van der Waals surface area contributed by atoms with Crippen molar-refractivity contribution in [3.63, 3.8) is 0 Å². The zero-order valence-corrected chi connectivity index (χ0v) is 14.1. The molecule has 9 nitrogen and oxygen atoms in total. The fourth-order valence-electron chi connectivity index (χ4n) is 2.13. The average molecular weight is 354 g/mol. The standard InChI is InChI=1S/C14H18N4O5S/c1-3-18(8(2)19)14-15-9(7-24-14)6-23-11(20)5-4-10-12(21)17-13(22)16-10/h7,10H,3-6H2,1-2H3,(H2,16,17,21,22)/t10-/m0/s1. The SMILES string of the molecule is CCN(C(C)=O)c1nc(COC(=O)CC[C@@H]2NC(=O)NC2=O)cs1. The number of thiazole rings is 1. The molecule has 0 aromatic carbocycles. The Morgan fingerprint density at radius 1 is 1.42 bits per heavy atom. The van der Waals surface area contributed by atoms with Crippen molar-refractivity contribution in [3.05, 3.63) is 11.1 Å². The lowest BCUT2D eigenvalue weighted by molar-refractivity contribution is -0.145. The van der Waals surface area contributed by atoms with Crippen LogP contribution in [-0.4, -0.2) is 41.4 Å². The van der Waals surface area contributed by atoms with E-state index in [0.29, 0.717) is 17.4 Å². The molecule has 0 aliphatic carbocycles. The van der Waals surface area contributed by atoms with Gasteiger partial charge in [-0.25, -0.2) is 9.78 Å². The maximum atomic E-state index is 11.7. The van der Waals surface area contributed by atoms with Crippen LogP contribution in [0.2, 0.25) is 0 Å². The number of urea groups is 1. The highest BCUT2D eigenvalue weighted by Crippen LogP contribution is 2.21. The number of esters is 1. The van der Waals surface area contributed by atoms with Crippen LogP contribution in [0.25, 0.3) is 0 Å². The minimum absolute atomic E-state index is 0.00386. The first kappa shape index (κ1) is 17.9. The molecule has 0 unspecified atom stereocenters. The second-order valence-corrected chi connectivity index (χ2v) is 5.94. The molecule has 2 N–H and O–H groups in total. The quantitative estimate of drug-likeness (QED) is 0.545. The molecule has 2 heterocycles. The molecule has 1 atom stereocenters. The molecule has 1 saturated heterocycles. The Morgan fingerprint density at radius 3 is 2.75 bits per heavy atom. The molecule has 1 aliphatic rings. The number of hydrogen-bond acceptors (Lipinski definition) is 7. The first-order chi connectivity index (χ1) is 11.4. The van der Waals surface area contributed by atoms with E-state index < -0.39 is 23.9 Å². The topological polar surface area (TPSA) is 118 Å². The van der Waals surface area contributed by atoms with E-state index in [2.05, 4.69) is 15.6 Å². The monoisotopic (exact) mass is 354 g/mol. The molecule has 10 heteroatoms. The van der Waals surface area contributed by atoms with E-state index in [1.165, 1.54) is 23.2 Å². The molecule has 24 heavy (non-hydrogen) atoms. The van der Waals surface area contributed by atoms with Crippen LogP contribution in [0.4, 0.5) is 9.93 Å². The second kappa shape index (κ2) is 7.86. The zero-order valence-electron chi connectivity index (χ0n) is 13.3. The summed E-state index contributed by atoms with van der Waals surface area (Å²) in [7, 11) is 0. The van der Waals surface area contributed by atoms with Crippen LogP contribution in [0.3, 0.4) is 0 Å². The van der Waals surface area contributed by atoms with Crippen LogP contribution < -0.4 is 15.5 Å². The minimum atomic E-state index is -0.704. The predicted octanol–water partition coefficient (Wildman–Crippen LogP) is 0.547. The summed E-state index contributed by atoms with van der Waals surface area (Å²) in [6, 6.07) is -1.26. The van der Waals surface area contributed by atoms with E-state index in [1.54, 1.807) is 5.38 Å². The molecular weight excluding hydrogens is 336 g/mol. The lowest BCUT2D eigenvalue weighted by Gasteiger charge is -2.14. The predicted molar refractivity (Wildman–Crippen MR) is 85.3 cm³/mol. The van der Waals surface area contributed by atoms with Gasteiger partial charge in [-0.05, 0) is 13.3 Å². The molecule has 1 aromatic heterocycles. The van der Waals surface area contributed by atoms with Crippen molar-refractivity contribution in [1.29, 1.82) is 0 Å². The van der Waals surface area contributed by atoms with Crippen LogP contribution >= 0.6 is 11.3 Å². The summed E-state index contributed by atoms with van der Waals surface area (Å²) < 4.78 is 5.09. The summed E-state index contributed by atoms with van der Waals surface area (Å²) in [5, 5.41) is 6.78. The third kappa shape index (κ3) is 4.51. The number of anilines is 1. The zero-order chi connectivity index (χ0) is 17.7. The van der Waals surface area contributed by atoms with Gasteiger partial charge in [-0.3, -0.25) is 24.6 Å². The maximum Gasteiger partial charge on any atom is 0.322 e. The summed E-state index contributed by atoms with van der Waals surface area (Å²) in [4.78, 5) is 51.2. The third-order valence-corrected chi connectivity index (χ3v) is 4.26. The van der Waals surface area contributed by atoms with Crippen molar-refractivity contribution in [3.8, 4) is 0 Å². The van der Waals surface area contributed by atoms with Crippen molar-refractivity contribution in [2.24, 2.45) is 0 Å². The van der Waals surface area contributed by atoms with E-state index in [0.717, 1.165) is 0 Å². The number of carbonyl (C=O) groups is 4. The Hall–Kier alpha value is -2.49. The Bertz CT molecular complexity index is 659. The van der Waals surface area contributed by atoms with E-state index in [4.69, 9.17) is 4.74 Å². The highest BCUT2D eigenvalue weighted by molar-refractivity contribution is 7.14. The highest BCUT2D eigenvalue weighted by atomic mass is 32.1. The molecular formula is C14H18N4O5S. The summed E-state index contributed by atoms with van der Waals surface area (Å²) in [5.74, 6) is -1.04. The van der Waals surface area contributed by atoms with Gasteiger partial charge in [-0.2, -0.15) is 0 Å². The highest BCUT2D eigenvalue weighted by Gasteiger charge is 2.29. The summed E-state index contributed by atoms with van der Waals surface area (Å²) in [5.41, 5.74) is 0.551. The molecule has 0 spiro atoms. The maximum absolute atomic E-state index is 11.7. The smallest absolute Gasteiger partial charge is 0.322 e. The normalized spacial score (nSPS) is 16.5. The summed E-state index contributed by atoms with van der Waals surface area (Å²) in [6.45, 7) is 3.81. The van der Waals surface area contributed by atoms with Gasteiger partial charge in [0.2, 0.25) is 5.91 Å². The number of amides is 4. The van der Waals surface area contributed by atoms with Gasteiger partial charge in [0, 0.05) is 25.3 Å². The van der Waals surface area contributed by atoms with Crippen molar-refractivity contribution in [2.45, 2.75) is 39.3 Å². The fourth-order valence-corrected chi connectivity index (χ4v) is 3.05. The number of imide groups is 1. The number of carbonyl (C=O) groups excluding carboxylic acids is 4. The van der Waals surface area contributed by atoms with Gasteiger partial charge in [-0.1, -0.05) is 0 Å². The number of nitrogens with zero attached hydrogens (tertiary/aromatic N) is 2. The molecule has 130 valence electrons. The number of rotatable bonds is 7. The van der Waals surface area contributed by atoms with Gasteiger partial charge in [0.25, 0.3) is 5.91 Å². The molecule has 1 fully saturated rings. The van der Waals surface area contributed by atoms with Gasteiger partial charge in [0.15, 0.2) is 5.13 Å². The Kier molecular flexibility index (Phi) is 5.85. The Labute approximate surface area is 142 Å². The minimum Gasteiger partial charge on any atom is -0.459 e. The molecule has 0 saturated carbocycles. The van der Waals surface area contributed by atoms with Gasteiger partial charge in [0.1, 0.15) is 12.6 Å². The Morgan fingerprint density at radius 2 is 2.17 bits per heavy atom. The van der Waals surface area contributed by atoms with Crippen molar-refractivity contribution in [2.75, 3.05) is 11.4 Å². The van der Waals surface area contributed by atoms with Crippen LogP contribution in [0.5, 0.6) is 0 Å².